The zero-order valence-electron chi connectivity index (χ0n) is 14.5. The molecule has 1 aliphatic rings. The number of aliphatic hydroxyl groups is 1. The first kappa shape index (κ1) is 20.0. The molecule has 0 aromatic heterocycles. The number of amides is 1. The van der Waals surface area contributed by atoms with Crippen molar-refractivity contribution in [2.24, 2.45) is 5.92 Å². The van der Waals surface area contributed by atoms with E-state index in [2.05, 4.69) is 5.32 Å². The normalized spacial score (nSPS) is 19.3. The Kier molecular flexibility index (Phi) is 6.71. The molecule has 0 radical (unpaired) electrons. The molecule has 1 fully saturated rings. The molecule has 25 heavy (non-hydrogen) atoms. The quantitative estimate of drug-likeness (QED) is 0.783. The Labute approximate surface area is 154 Å². The third-order valence-corrected chi connectivity index (χ3v) is 6.86. The smallest absolute Gasteiger partial charge is 0.253 e. The maximum Gasteiger partial charge on any atom is 0.253 e. The number of sulfonamides is 1. The van der Waals surface area contributed by atoms with E-state index in [1.54, 1.807) is 6.07 Å². The second-order valence-corrected chi connectivity index (χ2v) is 8.83. The van der Waals surface area contributed by atoms with Gasteiger partial charge in [-0.05, 0) is 37.0 Å². The third kappa shape index (κ3) is 4.65. The molecule has 0 aliphatic carbocycles. The molecule has 0 saturated carbocycles. The first-order valence-corrected chi connectivity index (χ1v) is 10.5. The van der Waals surface area contributed by atoms with Gasteiger partial charge in [-0.15, -0.1) is 0 Å². The maximum absolute atomic E-state index is 12.4. The van der Waals surface area contributed by atoms with Gasteiger partial charge in [-0.25, -0.2) is 8.42 Å². The fourth-order valence-corrected chi connectivity index (χ4v) is 4.71. The van der Waals surface area contributed by atoms with E-state index in [9.17, 15) is 18.3 Å². The van der Waals surface area contributed by atoms with Gasteiger partial charge in [0, 0.05) is 6.54 Å². The predicted octanol–water partition coefficient (Wildman–Crippen LogP) is 2.41. The van der Waals surface area contributed by atoms with Crippen molar-refractivity contribution < 1.29 is 18.3 Å². The molecule has 0 spiro atoms. The van der Waals surface area contributed by atoms with Gasteiger partial charge in [0.05, 0.1) is 34.7 Å². The van der Waals surface area contributed by atoms with Crippen molar-refractivity contribution in [3.8, 4) is 0 Å². The summed E-state index contributed by atoms with van der Waals surface area (Å²) in [5, 5.41) is 12.4. The molecule has 2 rings (SSSR count). The van der Waals surface area contributed by atoms with Crippen LogP contribution in [0.25, 0.3) is 0 Å². The summed E-state index contributed by atoms with van der Waals surface area (Å²) in [6.07, 6.45) is 2.28. The molecule has 1 aromatic rings. The van der Waals surface area contributed by atoms with E-state index in [0.717, 1.165) is 12.8 Å². The number of hydrogen-bond donors (Lipinski definition) is 2. The molecule has 2 N–H and O–H groups in total. The topological polar surface area (TPSA) is 86.7 Å². The molecule has 1 saturated heterocycles. The van der Waals surface area contributed by atoms with E-state index >= 15 is 0 Å². The molecule has 2 atom stereocenters. The lowest BCUT2D eigenvalue weighted by molar-refractivity contribution is 0.0891. The van der Waals surface area contributed by atoms with Gasteiger partial charge in [0.1, 0.15) is 0 Å². The van der Waals surface area contributed by atoms with E-state index in [-0.39, 0.29) is 40.8 Å². The van der Waals surface area contributed by atoms with Crippen LogP contribution in [0.1, 0.15) is 43.5 Å². The number of rotatable bonds is 6. The predicted molar refractivity (Wildman–Crippen MR) is 99.6 cm³/mol. The van der Waals surface area contributed by atoms with Crippen LogP contribution in [0.2, 0.25) is 5.02 Å². The Bertz CT molecular complexity index is 723. The molecule has 1 amide bonds. The van der Waals surface area contributed by atoms with E-state index in [0.29, 0.717) is 18.7 Å². The van der Waals surface area contributed by atoms with Crippen LogP contribution >= 0.6 is 11.6 Å². The van der Waals surface area contributed by atoms with Crippen molar-refractivity contribution in [2.45, 2.75) is 39.2 Å². The molecular weight excluding hydrogens is 364 g/mol. The van der Waals surface area contributed by atoms with Gasteiger partial charge in [-0.1, -0.05) is 31.9 Å². The van der Waals surface area contributed by atoms with Crippen LogP contribution in [0, 0.1) is 5.92 Å². The zero-order valence-corrected chi connectivity index (χ0v) is 16.1. The highest BCUT2D eigenvalue weighted by molar-refractivity contribution is 7.92. The van der Waals surface area contributed by atoms with Gasteiger partial charge in [0.25, 0.3) is 5.91 Å². The van der Waals surface area contributed by atoms with Gasteiger partial charge in [0.15, 0.2) is 0 Å². The average Bonchev–Trinajstić information content (AvgIpc) is 2.58. The molecule has 1 aliphatic heterocycles. The van der Waals surface area contributed by atoms with Crippen LogP contribution in [-0.4, -0.2) is 44.4 Å². The summed E-state index contributed by atoms with van der Waals surface area (Å²) in [5.41, 5.74) is 0.739. The number of nitrogens with one attached hydrogen (secondary N) is 1. The highest BCUT2D eigenvalue weighted by atomic mass is 35.5. The minimum Gasteiger partial charge on any atom is -0.394 e. The number of nitrogens with zero attached hydrogens (tertiary/aromatic N) is 1. The summed E-state index contributed by atoms with van der Waals surface area (Å²) in [4.78, 5) is 12.4. The molecular formula is C17H25ClN2O4S. The standard InChI is InChI=1S/C17H25ClN2O4S/c1-3-12(2)16(11-21)19-17(22)14-7-6-13(10-15(14)18)20-8-4-5-9-25(20,23)24/h6-7,10,12,16,21H,3-5,8-9,11H2,1-2H3,(H,19,22). The summed E-state index contributed by atoms with van der Waals surface area (Å²) in [6, 6.07) is 4.29. The van der Waals surface area contributed by atoms with Crippen LogP contribution in [-0.2, 0) is 10.0 Å². The van der Waals surface area contributed by atoms with E-state index in [1.807, 2.05) is 13.8 Å². The highest BCUT2D eigenvalue weighted by Crippen LogP contribution is 2.28. The lowest BCUT2D eigenvalue weighted by Gasteiger charge is -2.28. The monoisotopic (exact) mass is 388 g/mol. The van der Waals surface area contributed by atoms with Crippen LogP contribution in [0.15, 0.2) is 18.2 Å². The van der Waals surface area contributed by atoms with Crippen molar-refractivity contribution in [1.29, 1.82) is 0 Å². The Morgan fingerprint density at radius 3 is 2.68 bits per heavy atom. The number of anilines is 1. The van der Waals surface area contributed by atoms with Crippen molar-refractivity contribution in [1.82, 2.24) is 5.32 Å². The first-order chi connectivity index (χ1) is 11.8. The van der Waals surface area contributed by atoms with Crippen molar-refractivity contribution in [3.63, 3.8) is 0 Å². The van der Waals surface area contributed by atoms with Gasteiger partial charge in [0.2, 0.25) is 10.0 Å². The maximum atomic E-state index is 12.4. The summed E-state index contributed by atoms with van der Waals surface area (Å²) >= 11 is 6.23. The Balaban J connectivity index is 2.20. The second kappa shape index (κ2) is 8.38. The van der Waals surface area contributed by atoms with Crippen LogP contribution in [0.3, 0.4) is 0 Å². The molecule has 0 bridgehead atoms. The Morgan fingerprint density at radius 2 is 2.12 bits per heavy atom. The lowest BCUT2D eigenvalue weighted by atomic mass is 9.99. The molecule has 8 heteroatoms. The van der Waals surface area contributed by atoms with Gasteiger partial charge >= 0.3 is 0 Å². The summed E-state index contributed by atoms with van der Waals surface area (Å²) in [7, 11) is -3.32. The first-order valence-electron chi connectivity index (χ1n) is 8.51. The number of carbonyl (C=O) groups excluding carboxylic acids is 1. The zero-order chi connectivity index (χ0) is 18.6. The summed E-state index contributed by atoms with van der Waals surface area (Å²) in [5.74, 6) is -0.122. The van der Waals surface area contributed by atoms with Crippen molar-refractivity contribution in [3.05, 3.63) is 28.8 Å². The van der Waals surface area contributed by atoms with Gasteiger partial charge < -0.3 is 10.4 Å². The van der Waals surface area contributed by atoms with Crippen LogP contribution in [0.4, 0.5) is 5.69 Å². The molecule has 6 nitrogen and oxygen atoms in total. The summed E-state index contributed by atoms with van der Waals surface area (Å²) < 4.78 is 25.7. The average molecular weight is 389 g/mol. The Hall–Kier alpha value is -1.31. The van der Waals surface area contributed by atoms with Gasteiger partial charge in [-0.3, -0.25) is 9.10 Å². The number of hydrogen-bond acceptors (Lipinski definition) is 4. The molecule has 1 aromatic carbocycles. The third-order valence-electron chi connectivity index (χ3n) is 4.68. The number of halogens is 1. The fourth-order valence-electron chi connectivity index (χ4n) is 2.82. The van der Waals surface area contributed by atoms with E-state index in [4.69, 9.17) is 11.6 Å². The minimum atomic E-state index is -3.32. The van der Waals surface area contributed by atoms with Crippen molar-refractivity contribution >= 4 is 33.2 Å². The molecule has 140 valence electrons. The number of aliphatic hydroxyl groups excluding tert-OH is 1. The largest absolute Gasteiger partial charge is 0.394 e. The number of benzene rings is 1. The van der Waals surface area contributed by atoms with Crippen LogP contribution < -0.4 is 9.62 Å². The molecule has 2 unspecified atom stereocenters. The van der Waals surface area contributed by atoms with Crippen molar-refractivity contribution in [2.75, 3.05) is 23.2 Å². The fraction of sp³-hybridized carbons (Fsp3) is 0.588. The molecule has 1 heterocycles. The van der Waals surface area contributed by atoms with Crippen LogP contribution in [0.5, 0.6) is 0 Å². The highest BCUT2D eigenvalue weighted by Gasteiger charge is 2.27. The second-order valence-electron chi connectivity index (χ2n) is 6.41. The minimum absolute atomic E-state index is 0.125. The Morgan fingerprint density at radius 1 is 1.40 bits per heavy atom. The van der Waals surface area contributed by atoms with Gasteiger partial charge in [-0.2, -0.15) is 0 Å². The summed E-state index contributed by atoms with van der Waals surface area (Å²) in [6.45, 7) is 4.21. The SMILES string of the molecule is CCC(C)C(CO)NC(=O)c1ccc(N2CCCCS2(=O)=O)cc1Cl. The van der Waals surface area contributed by atoms with E-state index < -0.39 is 10.0 Å². The van der Waals surface area contributed by atoms with E-state index in [1.165, 1.54) is 16.4 Å². The number of carbonyl (C=O) groups is 1. The lowest BCUT2D eigenvalue weighted by Crippen LogP contribution is -2.42.